The van der Waals surface area contributed by atoms with Crippen molar-refractivity contribution < 1.29 is 22.7 Å². The second kappa shape index (κ2) is 9.07. The molecule has 31 heavy (non-hydrogen) atoms. The van der Waals surface area contributed by atoms with E-state index in [0.717, 1.165) is 24.9 Å². The zero-order valence-electron chi connectivity index (χ0n) is 17.1. The monoisotopic (exact) mass is 443 g/mol. The highest BCUT2D eigenvalue weighted by atomic mass is 32.2. The summed E-state index contributed by atoms with van der Waals surface area (Å²) in [4.78, 5) is 26.1. The average molecular weight is 444 g/mol. The molecule has 1 N–H and O–H groups in total. The second-order valence-corrected chi connectivity index (χ2v) is 9.56. The molecule has 2 fully saturated rings. The van der Waals surface area contributed by atoms with Gasteiger partial charge in [-0.3, -0.25) is 9.59 Å². The van der Waals surface area contributed by atoms with Crippen LogP contribution in [0, 0.1) is 0 Å². The lowest BCUT2D eigenvalue weighted by atomic mass is 10.3. The third kappa shape index (κ3) is 4.88. The highest BCUT2D eigenvalue weighted by Crippen LogP contribution is 2.26. The van der Waals surface area contributed by atoms with Crippen LogP contribution in [0.5, 0.6) is 5.75 Å². The molecule has 2 aliphatic heterocycles. The number of nitrogens with zero attached hydrogens (tertiary/aromatic N) is 2. The predicted octanol–water partition coefficient (Wildman–Crippen LogP) is 2.62. The van der Waals surface area contributed by atoms with Crippen LogP contribution in [0.1, 0.15) is 25.7 Å². The molecule has 2 saturated heterocycles. The lowest BCUT2D eigenvalue weighted by Crippen LogP contribution is -2.28. The maximum atomic E-state index is 12.7. The molecule has 2 amide bonds. The summed E-state index contributed by atoms with van der Waals surface area (Å²) in [6.45, 7) is 1.49. The van der Waals surface area contributed by atoms with Crippen LogP contribution in [0.4, 0.5) is 11.4 Å². The molecule has 0 aromatic heterocycles. The van der Waals surface area contributed by atoms with E-state index in [2.05, 4.69) is 5.32 Å². The highest BCUT2D eigenvalue weighted by Gasteiger charge is 2.27. The van der Waals surface area contributed by atoms with Gasteiger partial charge in [0.05, 0.1) is 4.90 Å². The Labute approximate surface area is 181 Å². The van der Waals surface area contributed by atoms with Crippen molar-refractivity contribution in [3.63, 3.8) is 0 Å². The molecular formula is C22H25N3O5S. The number of sulfonamides is 1. The van der Waals surface area contributed by atoms with E-state index in [0.29, 0.717) is 37.5 Å². The van der Waals surface area contributed by atoms with E-state index in [9.17, 15) is 18.0 Å². The Morgan fingerprint density at radius 3 is 2.52 bits per heavy atom. The summed E-state index contributed by atoms with van der Waals surface area (Å²) >= 11 is 0. The first-order chi connectivity index (χ1) is 14.9. The average Bonchev–Trinajstić information content (AvgIpc) is 3.45. The first-order valence-corrected chi connectivity index (χ1v) is 11.8. The summed E-state index contributed by atoms with van der Waals surface area (Å²) < 4.78 is 32.5. The number of benzene rings is 2. The zero-order valence-corrected chi connectivity index (χ0v) is 17.9. The number of ether oxygens (including phenoxy) is 1. The van der Waals surface area contributed by atoms with Crippen LogP contribution >= 0.6 is 0 Å². The minimum absolute atomic E-state index is 0.0821. The van der Waals surface area contributed by atoms with E-state index >= 15 is 0 Å². The Morgan fingerprint density at radius 1 is 1.00 bits per heavy atom. The van der Waals surface area contributed by atoms with Crippen molar-refractivity contribution in [3.05, 3.63) is 48.5 Å². The van der Waals surface area contributed by atoms with Gasteiger partial charge in [-0.05, 0) is 49.6 Å². The smallest absolute Gasteiger partial charge is 0.262 e. The van der Waals surface area contributed by atoms with Crippen LogP contribution in [0.3, 0.4) is 0 Å². The highest BCUT2D eigenvalue weighted by molar-refractivity contribution is 7.89. The lowest BCUT2D eigenvalue weighted by molar-refractivity contribution is -0.118. The van der Waals surface area contributed by atoms with Gasteiger partial charge in [0.1, 0.15) is 5.75 Å². The number of carbonyl (C=O) groups is 2. The summed E-state index contributed by atoms with van der Waals surface area (Å²) in [6, 6.07) is 13.3. The molecule has 0 unspecified atom stereocenters. The number of hydrogen-bond acceptors (Lipinski definition) is 5. The Morgan fingerprint density at radius 2 is 1.77 bits per heavy atom. The second-order valence-electron chi connectivity index (χ2n) is 7.62. The fourth-order valence-corrected chi connectivity index (χ4v) is 5.38. The molecule has 9 heteroatoms. The molecule has 2 heterocycles. The molecular weight excluding hydrogens is 418 g/mol. The number of rotatable bonds is 7. The number of hydrogen-bond donors (Lipinski definition) is 1. The summed E-state index contributed by atoms with van der Waals surface area (Å²) in [5.41, 5.74) is 1.14. The van der Waals surface area contributed by atoms with Gasteiger partial charge in [0.25, 0.3) is 5.91 Å². The van der Waals surface area contributed by atoms with Crippen molar-refractivity contribution in [2.45, 2.75) is 30.6 Å². The number of nitrogens with one attached hydrogen (secondary N) is 1. The summed E-state index contributed by atoms with van der Waals surface area (Å²) in [6.07, 6.45) is 3.10. The molecule has 0 bridgehead atoms. The van der Waals surface area contributed by atoms with Gasteiger partial charge >= 0.3 is 0 Å². The van der Waals surface area contributed by atoms with Gasteiger partial charge in [0.2, 0.25) is 15.9 Å². The van der Waals surface area contributed by atoms with Crippen LogP contribution in [-0.2, 0) is 19.6 Å². The Hall–Kier alpha value is -2.91. The fourth-order valence-electron chi connectivity index (χ4n) is 3.82. The van der Waals surface area contributed by atoms with Gasteiger partial charge in [0, 0.05) is 43.5 Å². The standard InChI is InChI=1S/C22H25N3O5S/c26-21(16-30-19-8-4-7-18(15-19)25-13-5-10-22(25)27)23-17-6-3-9-20(14-17)31(28,29)24-11-1-2-12-24/h3-4,6-9,14-15H,1-2,5,10-13,16H2,(H,23,26). The van der Waals surface area contributed by atoms with E-state index in [1.54, 1.807) is 35.2 Å². The fraction of sp³-hybridized carbons (Fsp3) is 0.364. The topological polar surface area (TPSA) is 96.0 Å². The van der Waals surface area contributed by atoms with Crippen molar-refractivity contribution in [1.82, 2.24) is 4.31 Å². The Kier molecular flexibility index (Phi) is 6.24. The molecule has 2 aromatic carbocycles. The van der Waals surface area contributed by atoms with Crippen LogP contribution in [0.15, 0.2) is 53.4 Å². The van der Waals surface area contributed by atoms with Crippen molar-refractivity contribution in [3.8, 4) is 5.75 Å². The first-order valence-electron chi connectivity index (χ1n) is 10.4. The molecule has 2 aliphatic rings. The van der Waals surface area contributed by atoms with E-state index in [4.69, 9.17) is 4.74 Å². The van der Waals surface area contributed by atoms with Crippen LogP contribution in [-0.4, -0.2) is 50.8 Å². The molecule has 0 saturated carbocycles. The van der Waals surface area contributed by atoms with Crippen LogP contribution in [0.25, 0.3) is 0 Å². The van der Waals surface area contributed by atoms with E-state index < -0.39 is 15.9 Å². The van der Waals surface area contributed by atoms with E-state index in [1.165, 1.54) is 16.4 Å². The molecule has 4 rings (SSSR count). The maximum Gasteiger partial charge on any atom is 0.262 e. The van der Waals surface area contributed by atoms with E-state index in [-0.39, 0.29) is 17.4 Å². The summed E-state index contributed by atoms with van der Waals surface area (Å²) in [5, 5.41) is 2.68. The molecule has 0 aliphatic carbocycles. The van der Waals surface area contributed by atoms with Crippen molar-refractivity contribution in [1.29, 1.82) is 0 Å². The van der Waals surface area contributed by atoms with Gasteiger partial charge in [0.15, 0.2) is 6.61 Å². The number of carbonyl (C=O) groups excluding carboxylic acids is 2. The van der Waals surface area contributed by atoms with Crippen molar-refractivity contribution in [2.75, 3.05) is 36.5 Å². The van der Waals surface area contributed by atoms with Gasteiger partial charge in [-0.25, -0.2) is 8.42 Å². The van der Waals surface area contributed by atoms with Crippen molar-refractivity contribution in [2.24, 2.45) is 0 Å². The van der Waals surface area contributed by atoms with Gasteiger partial charge in [-0.1, -0.05) is 12.1 Å². The quantitative estimate of drug-likeness (QED) is 0.710. The van der Waals surface area contributed by atoms with Crippen LogP contribution < -0.4 is 15.0 Å². The minimum atomic E-state index is -3.55. The van der Waals surface area contributed by atoms with Gasteiger partial charge in [-0.2, -0.15) is 4.31 Å². The summed E-state index contributed by atoms with van der Waals surface area (Å²) in [5.74, 6) is 0.162. The summed E-state index contributed by atoms with van der Waals surface area (Å²) in [7, 11) is -3.55. The maximum absolute atomic E-state index is 12.7. The van der Waals surface area contributed by atoms with Gasteiger partial charge < -0.3 is 15.0 Å². The molecule has 8 nitrogen and oxygen atoms in total. The molecule has 0 spiro atoms. The Balaban J connectivity index is 1.37. The molecule has 2 aromatic rings. The third-order valence-corrected chi connectivity index (χ3v) is 7.29. The molecule has 164 valence electrons. The third-order valence-electron chi connectivity index (χ3n) is 5.39. The van der Waals surface area contributed by atoms with Gasteiger partial charge in [-0.15, -0.1) is 0 Å². The van der Waals surface area contributed by atoms with Crippen LogP contribution in [0.2, 0.25) is 0 Å². The lowest BCUT2D eigenvalue weighted by Gasteiger charge is -2.17. The SMILES string of the molecule is O=C(COc1cccc(N2CCCC2=O)c1)Nc1cccc(S(=O)(=O)N2CCCC2)c1. The number of anilines is 2. The van der Waals surface area contributed by atoms with Crippen molar-refractivity contribution >= 4 is 33.2 Å². The largest absolute Gasteiger partial charge is 0.484 e. The predicted molar refractivity (Wildman–Crippen MR) is 117 cm³/mol. The minimum Gasteiger partial charge on any atom is -0.484 e. The Bertz CT molecular complexity index is 1080. The van der Waals surface area contributed by atoms with E-state index in [1.807, 2.05) is 6.07 Å². The normalized spacial score (nSPS) is 17.2. The molecule has 0 radical (unpaired) electrons. The number of amides is 2. The zero-order chi connectivity index (χ0) is 21.8. The first kappa shape index (κ1) is 21.3. The molecule has 0 atom stereocenters.